The van der Waals surface area contributed by atoms with Gasteiger partial charge in [-0.3, -0.25) is 9.59 Å². The number of aromatic hydroxyl groups is 1. The Hall–Kier alpha value is -1.75. The first-order valence-electron chi connectivity index (χ1n) is 5.12. The third-order valence-corrected chi connectivity index (χ3v) is 2.83. The Labute approximate surface area is 103 Å². The molecule has 2 amide bonds. The molecule has 0 saturated carbocycles. The molecular weight excluding hydrogens is 244 g/mol. The minimum Gasteiger partial charge on any atom is -0.506 e. The van der Waals surface area contributed by atoms with Crippen LogP contribution < -0.4 is 10.6 Å². The molecule has 1 saturated heterocycles. The van der Waals surface area contributed by atoms with Crippen molar-refractivity contribution in [3.05, 3.63) is 28.8 Å². The van der Waals surface area contributed by atoms with Crippen molar-refractivity contribution < 1.29 is 14.7 Å². The maximum atomic E-state index is 11.8. The summed E-state index contributed by atoms with van der Waals surface area (Å²) in [6.07, 6.45) is 0.289. The summed E-state index contributed by atoms with van der Waals surface area (Å²) >= 11 is 5.70. The molecule has 2 rings (SSSR count). The standard InChI is InChI=1S/C11H11ClN2O3/c12-8-3-6(1-2-9(8)15)11(17)14-7-4-10(16)13-5-7/h1-3,7,15H,4-5H2,(H,13,16)(H,14,17). The molecule has 1 fully saturated rings. The zero-order chi connectivity index (χ0) is 12.4. The third-order valence-electron chi connectivity index (χ3n) is 2.52. The maximum absolute atomic E-state index is 11.8. The van der Waals surface area contributed by atoms with Gasteiger partial charge < -0.3 is 15.7 Å². The molecule has 1 aromatic carbocycles. The van der Waals surface area contributed by atoms with Crippen molar-refractivity contribution >= 4 is 23.4 Å². The van der Waals surface area contributed by atoms with Gasteiger partial charge in [0.2, 0.25) is 5.91 Å². The first-order chi connectivity index (χ1) is 8.06. The number of rotatable bonds is 2. The van der Waals surface area contributed by atoms with Gasteiger partial charge in [-0.05, 0) is 18.2 Å². The number of carbonyl (C=O) groups is 2. The molecule has 0 radical (unpaired) electrons. The van der Waals surface area contributed by atoms with Crippen molar-refractivity contribution in [2.75, 3.05) is 6.54 Å². The molecule has 6 heteroatoms. The van der Waals surface area contributed by atoms with Gasteiger partial charge in [0.15, 0.2) is 0 Å². The zero-order valence-electron chi connectivity index (χ0n) is 8.87. The second kappa shape index (κ2) is 4.63. The number of benzene rings is 1. The van der Waals surface area contributed by atoms with Gasteiger partial charge in [-0.1, -0.05) is 11.6 Å². The van der Waals surface area contributed by atoms with E-state index in [1.165, 1.54) is 18.2 Å². The van der Waals surface area contributed by atoms with E-state index in [1.807, 2.05) is 0 Å². The fourth-order valence-electron chi connectivity index (χ4n) is 1.62. The summed E-state index contributed by atoms with van der Waals surface area (Å²) in [4.78, 5) is 22.7. The molecule has 1 atom stereocenters. The average molecular weight is 255 g/mol. The van der Waals surface area contributed by atoms with Crippen LogP contribution in [-0.4, -0.2) is 29.5 Å². The fraction of sp³-hybridized carbons (Fsp3) is 0.273. The van der Waals surface area contributed by atoms with Crippen molar-refractivity contribution in [1.82, 2.24) is 10.6 Å². The van der Waals surface area contributed by atoms with Crippen LogP contribution in [0.4, 0.5) is 0 Å². The van der Waals surface area contributed by atoms with Gasteiger partial charge in [-0.2, -0.15) is 0 Å². The van der Waals surface area contributed by atoms with Gasteiger partial charge in [0.25, 0.3) is 5.91 Å². The molecule has 0 bridgehead atoms. The highest BCUT2D eigenvalue weighted by Gasteiger charge is 2.23. The monoisotopic (exact) mass is 254 g/mol. The Bertz CT molecular complexity index is 476. The summed E-state index contributed by atoms with van der Waals surface area (Å²) in [6, 6.07) is 4.02. The molecule has 1 unspecified atom stereocenters. The maximum Gasteiger partial charge on any atom is 0.251 e. The Kier molecular flexibility index (Phi) is 3.19. The second-order valence-electron chi connectivity index (χ2n) is 3.84. The lowest BCUT2D eigenvalue weighted by molar-refractivity contribution is -0.119. The van der Waals surface area contributed by atoms with Crippen LogP contribution in [0.25, 0.3) is 0 Å². The van der Waals surface area contributed by atoms with Crippen molar-refractivity contribution in [2.24, 2.45) is 0 Å². The minimum atomic E-state index is -0.312. The van der Waals surface area contributed by atoms with Crippen LogP contribution >= 0.6 is 11.6 Å². The lowest BCUT2D eigenvalue weighted by Crippen LogP contribution is -2.36. The normalized spacial score (nSPS) is 18.9. The molecule has 0 aliphatic carbocycles. The lowest BCUT2D eigenvalue weighted by Gasteiger charge is -2.10. The van der Waals surface area contributed by atoms with Gasteiger partial charge in [0.1, 0.15) is 5.75 Å². The molecule has 17 heavy (non-hydrogen) atoms. The SMILES string of the molecule is O=C1CC(NC(=O)c2ccc(O)c(Cl)c2)CN1. The van der Waals surface area contributed by atoms with Crippen LogP contribution in [0.2, 0.25) is 5.02 Å². The van der Waals surface area contributed by atoms with E-state index in [0.717, 1.165) is 0 Å². The number of carbonyl (C=O) groups excluding carboxylic acids is 2. The van der Waals surface area contributed by atoms with E-state index in [9.17, 15) is 14.7 Å². The van der Waals surface area contributed by atoms with Crippen LogP contribution in [-0.2, 0) is 4.79 Å². The number of hydrogen-bond donors (Lipinski definition) is 3. The van der Waals surface area contributed by atoms with Gasteiger partial charge in [0, 0.05) is 18.5 Å². The van der Waals surface area contributed by atoms with Gasteiger partial charge in [-0.25, -0.2) is 0 Å². The number of amides is 2. The molecule has 1 aliphatic heterocycles. The van der Waals surface area contributed by atoms with E-state index in [0.29, 0.717) is 12.1 Å². The Balaban J connectivity index is 2.04. The molecule has 90 valence electrons. The fourth-order valence-corrected chi connectivity index (χ4v) is 1.80. The van der Waals surface area contributed by atoms with E-state index in [4.69, 9.17) is 11.6 Å². The molecule has 5 nitrogen and oxygen atoms in total. The zero-order valence-corrected chi connectivity index (χ0v) is 9.62. The van der Waals surface area contributed by atoms with E-state index in [1.54, 1.807) is 0 Å². The summed E-state index contributed by atoms with van der Waals surface area (Å²) in [5.41, 5.74) is 0.354. The summed E-state index contributed by atoms with van der Waals surface area (Å²) in [6.45, 7) is 0.441. The van der Waals surface area contributed by atoms with Gasteiger partial charge in [0.05, 0.1) is 11.1 Å². The smallest absolute Gasteiger partial charge is 0.251 e. The van der Waals surface area contributed by atoms with Crippen molar-refractivity contribution in [1.29, 1.82) is 0 Å². The lowest BCUT2D eigenvalue weighted by atomic mass is 10.2. The Morgan fingerprint density at radius 1 is 1.53 bits per heavy atom. The molecule has 0 aromatic heterocycles. The van der Waals surface area contributed by atoms with Crippen LogP contribution in [0.5, 0.6) is 5.75 Å². The first kappa shape index (κ1) is 11.7. The summed E-state index contributed by atoms with van der Waals surface area (Å²) < 4.78 is 0. The predicted molar refractivity (Wildman–Crippen MR) is 62.0 cm³/mol. The number of hydrogen-bond acceptors (Lipinski definition) is 3. The topological polar surface area (TPSA) is 78.4 Å². The highest BCUT2D eigenvalue weighted by atomic mass is 35.5. The number of phenolic OH excluding ortho intramolecular Hbond substituents is 1. The molecule has 1 aliphatic rings. The Morgan fingerprint density at radius 2 is 2.29 bits per heavy atom. The highest BCUT2D eigenvalue weighted by molar-refractivity contribution is 6.32. The summed E-state index contributed by atoms with van der Waals surface area (Å²) in [7, 11) is 0. The quantitative estimate of drug-likeness (QED) is 0.726. The van der Waals surface area contributed by atoms with Crippen LogP contribution in [0.15, 0.2) is 18.2 Å². The van der Waals surface area contributed by atoms with Crippen molar-refractivity contribution in [3.8, 4) is 5.75 Å². The molecule has 1 aromatic rings. The third kappa shape index (κ3) is 2.68. The number of halogens is 1. The molecule has 3 N–H and O–H groups in total. The Morgan fingerprint density at radius 3 is 2.88 bits per heavy atom. The van der Waals surface area contributed by atoms with Crippen LogP contribution in [0.3, 0.4) is 0 Å². The number of phenols is 1. The average Bonchev–Trinajstić information content (AvgIpc) is 2.68. The first-order valence-corrected chi connectivity index (χ1v) is 5.50. The summed E-state index contributed by atoms with van der Waals surface area (Å²) in [5, 5.41) is 14.7. The van der Waals surface area contributed by atoms with E-state index < -0.39 is 0 Å². The molecule has 0 spiro atoms. The van der Waals surface area contributed by atoms with Crippen molar-refractivity contribution in [2.45, 2.75) is 12.5 Å². The van der Waals surface area contributed by atoms with E-state index in [-0.39, 0.29) is 35.0 Å². The second-order valence-corrected chi connectivity index (χ2v) is 4.25. The molecular formula is C11H11ClN2O3. The van der Waals surface area contributed by atoms with Crippen LogP contribution in [0, 0.1) is 0 Å². The largest absolute Gasteiger partial charge is 0.506 e. The number of nitrogens with one attached hydrogen (secondary N) is 2. The van der Waals surface area contributed by atoms with Crippen molar-refractivity contribution in [3.63, 3.8) is 0 Å². The minimum absolute atomic E-state index is 0.0686. The van der Waals surface area contributed by atoms with E-state index in [2.05, 4.69) is 10.6 Å². The molecule has 1 heterocycles. The van der Waals surface area contributed by atoms with Gasteiger partial charge >= 0.3 is 0 Å². The highest BCUT2D eigenvalue weighted by Crippen LogP contribution is 2.23. The van der Waals surface area contributed by atoms with Crippen LogP contribution in [0.1, 0.15) is 16.8 Å². The summed E-state index contributed by atoms with van der Waals surface area (Å²) in [5.74, 6) is -0.451. The predicted octanol–water partition coefficient (Wildman–Crippen LogP) is 0.664. The van der Waals surface area contributed by atoms with Gasteiger partial charge in [-0.15, -0.1) is 0 Å². The van der Waals surface area contributed by atoms with E-state index >= 15 is 0 Å².